The van der Waals surface area contributed by atoms with E-state index in [0.29, 0.717) is 19.4 Å². The van der Waals surface area contributed by atoms with E-state index in [-0.39, 0.29) is 30.6 Å². The molecule has 6 heteroatoms. The molecule has 1 aromatic heterocycles. The molecular weight excluding hydrogens is 344 g/mol. The number of esters is 2. The standard InChI is InChI=1S/C21H30N2O4/c1-13(2)26-19(24)9-8-17(21(25)27-14(3)4)16-6-5-7-18-20(16)15(10-11-22)12-23-18/h5-7,12-14,17,23H,8-11,22H2,1-4H3. The Morgan fingerprint density at radius 1 is 1.11 bits per heavy atom. The molecule has 0 amide bonds. The number of fused-ring (bicyclic) bond motifs is 1. The minimum atomic E-state index is -0.539. The highest BCUT2D eigenvalue weighted by Gasteiger charge is 2.27. The first-order valence-electron chi connectivity index (χ1n) is 9.52. The molecule has 6 nitrogen and oxygen atoms in total. The van der Waals surface area contributed by atoms with Crippen molar-refractivity contribution >= 4 is 22.8 Å². The van der Waals surface area contributed by atoms with Crippen molar-refractivity contribution in [3.63, 3.8) is 0 Å². The number of H-pyrrole nitrogens is 1. The van der Waals surface area contributed by atoms with Gasteiger partial charge < -0.3 is 20.2 Å². The van der Waals surface area contributed by atoms with Crippen molar-refractivity contribution in [3.8, 4) is 0 Å². The number of nitrogens with one attached hydrogen (secondary N) is 1. The van der Waals surface area contributed by atoms with E-state index in [1.165, 1.54) is 0 Å². The number of aromatic nitrogens is 1. The third kappa shape index (κ3) is 5.57. The van der Waals surface area contributed by atoms with Crippen LogP contribution in [-0.2, 0) is 25.5 Å². The quantitative estimate of drug-likeness (QED) is 0.656. The number of aromatic amines is 1. The van der Waals surface area contributed by atoms with E-state index in [2.05, 4.69) is 4.98 Å². The lowest BCUT2D eigenvalue weighted by Crippen LogP contribution is -2.22. The highest BCUT2D eigenvalue weighted by atomic mass is 16.5. The van der Waals surface area contributed by atoms with Crippen LogP contribution in [-0.4, -0.2) is 35.7 Å². The first kappa shape index (κ1) is 21.0. The summed E-state index contributed by atoms with van der Waals surface area (Å²) >= 11 is 0. The molecule has 0 radical (unpaired) electrons. The number of carbonyl (C=O) groups excluding carboxylic acids is 2. The molecule has 1 heterocycles. The highest BCUT2D eigenvalue weighted by molar-refractivity contribution is 5.92. The van der Waals surface area contributed by atoms with Crippen LogP contribution in [0.3, 0.4) is 0 Å². The van der Waals surface area contributed by atoms with Crippen LogP contribution in [0.15, 0.2) is 24.4 Å². The predicted molar refractivity (Wildman–Crippen MR) is 105 cm³/mol. The second-order valence-corrected chi connectivity index (χ2v) is 7.24. The maximum absolute atomic E-state index is 12.8. The smallest absolute Gasteiger partial charge is 0.313 e. The Bertz CT molecular complexity index is 780. The van der Waals surface area contributed by atoms with E-state index in [1.807, 2.05) is 52.1 Å². The van der Waals surface area contributed by atoms with Gasteiger partial charge in [-0.3, -0.25) is 9.59 Å². The van der Waals surface area contributed by atoms with Gasteiger partial charge in [0.25, 0.3) is 0 Å². The molecule has 0 aliphatic carbocycles. The summed E-state index contributed by atoms with van der Waals surface area (Å²) in [4.78, 5) is 28.1. The summed E-state index contributed by atoms with van der Waals surface area (Å²) in [6.07, 6.45) is 2.73. The van der Waals surface area contributed by atoms with E-state index in [1.54, 1.807) is 0 Å². The Hall–Kier alpha value is -2.34. The molecule has 1 atom stereocenters. The molecule has 27 heavy (non-hydrogen) atoms. The van der Waals surface area contributed by atoms with Crippen LogP contribution in [0.2, 0.25) is 0 Å². The molecule has 0 saturated heterocycles. The monoisotopic (exact) mass is 374 g/mol. The lowest BCUT2D eigenvalue weighted by molar-refractivity contribution is -0.150. The highest BCUT2D eigenvalue weighted by Crippen LogP contribution is 2.32. The van der Waals surface area contributed by atoms with Crippen LogP contribution >= 0.6 is 0 Å². The topological polar surface area (TPSA) is 94.4 Å². The number of ether oxygens (including phenoxy) is 2. The number of hydrogen-bond acceptors (Lipinski definition) is 5. The molecule has 2 rings (SSSR count). The Labute approximate surface area is 160 Å². The SMILES string of the molecule is CC(C)OC(=O)CCC(C(=O)OC(C)C)c1cccc2[nH]cc(CCN)c12. The lowest BCUT2D eigenvalue weighted by atomic mass is 9.89. The third-order valence-corrected chi connectivity index (χ3v) is 4.25. The van der Waals surface area contributed by atoms with Crippen molar-refractivity contribution in [2.45, 2.75) is 65.1 Å². The van der Waals surface area contributed by atoms with Crippen LogP contribution in [0, 0.1) is 0 Å². The molecule has 0 spiro atoms. The van der Waals surface area contributed by atoms with Gasteiger partial charge in [-0.2, -0.15) is 0 Å². The molecule has 2 aromatic rings. The van der Waals surface area contributed by atoms with Gasteiger partial charge in [0.1, 0.15) is 0 Å². The van der Waals surface area contributed by atoms with Crippen molar-refractivity contribution in [2.75, 3.05) is 6.54 Å². The average molecular weight is 374 g/mol. The minimum absolute atomic E-state index is 0.156. The Balaban J connectivity index is 2.37. The van der Waals surface area contributed by atoms with Crippen molar-refractivity contribution < 1.29 is 19.1 Å². The fraction of sp³-hybridized carbons (Fsp3) is 0.524. The molecule has 0 bridgehead atoms. The van der Waals surface area contributed by atoms with Crippen molar-refractivity contribution in [1.82, 2.24) is 4.98 Å². The molecule has 1 aromatic carbocycles. The zero-order chi connectivity index (χ0) is 20.0. The zero-order valence-electron chi connectivity index (χ0n) is 16.6. The third-order valence-electron chi connectivity index (χ3n) is 4.25. The Morgan fingerprint density at radius 3 is 2.44 bits per heavy atom. The van der Waals surface area contributed by atoms with Gasteiger partial charge in [-0.1, -0.05) is 12.1 Å². The summed E-state index contributed by atoms with van der Waals surface area (Å²) in [6, 6.07) is 5.80. The first-order chi connectivity index (χ1) is 12.8. The number of nitrogens with two attached hydrogens (primary N) is 1. The van der Waals surface area contributed by atoms with E-state index < -0.39 is 5.92 Å². The van der Waals surface area contributed by atoms with Gasteiger partial charge >= 0.3 is 11.9 Å². The number of carbonyl (C=O) groups is 2. The zero-order valence-corrected chi connectivity index (χ0v) is 16.6. The van der Waals surface area contributed by atoms with Crippen molar-refractivity contribution in [1.29, 1.82) is 0 Å². The maximum atomic E-state index is 12.8. The van der Waals surface area contributed by atoms with Gasteiger partial charge in [-0.15, -0.1) is 0 Å². The molecular formula is C21H30N2O4. The number of hydrogen-bond donors (Lipinski definition) is 2. The predicted octanol–water partition coefficient (Wildman–Crippen LogP) is 3.44. The van der Waals surface area contributed by atoms with Crippen molar-refractivity contribution in [2.24, 2.45) is 5.73 Å². The Kier molecular flexibility index (Phi) is 7.42. The van der Waals surface area contributed by atoms with Gasteiger partial charge in [-0.25, -0.2) is 0 Å². The van der Waals surface area contributed by atoms with Crippen LogP contribution in [0.5, 0.6) is 0 Å². The lowest BCUT2D eigenvalue weighted by Gasteiger charge is -2.20. The van der Waals surface area contributed by atoms with Crippen LogP contribution in [0.1, 0.15) is 57.6 Å². The van der Waals surface area contributed by atoms with Crippen LogP contribution in [0.4, 0.5) is 0 Å². The van der Waals surface area contributed by atoms with Crippen LogP contribution < -0.4 is 5.73 Å². The van der Waals surface area contributed by atoms with Gasteiger partial charge in [0, 0.05) is 23.5 Å². The molecule has 3 N–H and O–H groups in total. The average Bonchev–Trinajstić information content (AvgIpc) is 2.98. The van der Waals surface area contributed by atoms with Gasteiger partial charge in [0.05, 0.1) is 18.1 Å². The van der Waals surface area contributed by atoms with Gasteiger partial charge in [0.2, 0.25) is 0 Å². The van der Waals surface area contributed by atoms with E-state index in [9.17, 15) is 9.59 Å². The minimum Gasteiger partial charge on any atom is -0.463 e. The summed E-state index contributed by atoms with van der Waals surface area (Å²) in [5, 5.41) is 0.992. The van der Waals surface area contributed by atoms with Crippen LogP contribution in [0.25, 0.3) is 10.9 Å². The number of benzene rings is 1. The summed E-state index contributed by atoms with van der Waals surface area (Å²) in [5.41, 5.74) is 8.61. The van der Waals surface area contributed by atoms with Gasteiger partial charge in [-0.05, 0) is 64.3 Å². The summed E-state index contributed by atoms with van der Waals surface area (Å²) in [7, 11) is 0. The van der Waals surface area contributed by atoms with Gasteiger partial charge in [0.15, 0.2) is 0 Å². The molecule has 148 valence electrons. The second kappa shape index (κ2) is 9.55. The summed E-state index contributed by atoms with van der Waals surface area (Å²) in [6.45, 7) is 7.77. The maximum Gasteiger partial charge on any atom is 0.313 e. The molecule has 0 saturated carbocycles. The number of rotatable bonds is 9. The largest absolute Gasteiger partial charge is 0.463 e. The normalized spacial score (nSPS) is 12.6. The fourth-order valence-electron chi connectivity index (χ4n) is 3.23. The first-order valence-corrected chi connectivity index (χ1v) is 9.52. The van der Waals surface area contributed by atoms with Crippen molar-refractivity contribution in [3.05, 3.63) is 35.5 Å². The fourth-order valence-corrected chi connectivity index (χ4v) is 3.23. The second-order valence-electron chi connectivity index (χ2n) is 7.24. The molecule has 0 fully saturated rings. The molecule has 0 aliphatic heterocycles. The van der Waals surface area contributed by atoms with E-state index in [0.717, 1.165) is 22.0 Å². The van der Waals surface area contributed by atoms with E-state index >= 15 is 0 Å². The van der Waals surface area contributed by atoms with E-state index in [4.69, 9.17) is 15.2 Å². The molecule has 0 aliphatic rings. The Morgan fingerprint density at radius 2 is 1.81 bits per heavy atom. The summed E-state index contributed by atoms with van der Waals surface area (Å²) in [5.74, 6) is -1.17. The molecule has 1 unspecified atom stereocenters. The summed E-state index contributed by atoms with van der Waals surface area (Å²) < 4.78 is 10.7.